The molecule has 3 aliphatic rings. The first-order chi connectivity index (χ1) is 21.4. The van der Waals surface area contributed by atoms with E-state index in [2.05, 4.69) is 48.6 Å². The number of rotatable bonds is 8. The Balaban J connectivity index is 1.07. The minimum absolute atomic E-state index is 0.106. The number of piperidine rings is 1. The number of aliphatic hydroxyl groups excluding tert-OH is 1. The van der Waals surface area contributed by atoms with Crippen LogP contribution in [0.1, 0.15) is 18.9 Å². The number of carbonyl (C=O) groups is 1. The average Bonchev–Trinajstić information content (AvgIpc) is 3.02. The number of hydrogen-bond donors (Lipinski definition) is 3. The number of likely N-dealkylation sites (tertiary alicyclic amines) is 1. The second-order valence-electron chi connectivity index (χ2n) is 11.5. The maximum atomic E-state index is 14.9. The number of amides is 1. The smallest absolute Gasteiger partial charge is 0.251 e. The Kier molecular flexibility index (Phi) is 8.88. The summed E-state index contributed by atoms with van der Waals surface area (Å²) in [6.07, 6.45) is -0.475. The number of aromatic nitrogens is 2. The van der Waals surface area contributed by atoms with E-state index in [4.69, 9.17) is 4.74 Å². The van der Waals surface area contributed by atoms with Crippen molar-refractivity contribution in [1.29, 1.82) is 5.26 Å². The van der Waals surface area contributed by atoms with Crippen molar-refractivity contribution < 1.29 is 19.0 Å². The highest BCUT2D eigenvalue weighted by molar-refractivity contribution is 5.80. The Hall–Kier alpha value is -4.31. The molecule has 0 bridgehead atoms. The van der Waals surface area contributed by atoms with Crippen molar-refractivity contribution in [3.8, 4) is 17.5 Å². The average molecular weight is 601 g/mol. The van der Waals surface area contributed by atoms with Crippen LogP contribution < -0.4 is 15.5 Å². The molecule has 3 N–H and O–H groups in total. The van der Waals surface area contributed by atoms with Gasteiger partial charge in [-0.25, -0.2) is 14.4 Å². The van der Waals surface area contributed by atoms with Crippen LogP contribution in [-0.2, 0) is 9.53 Å². The molecule has 0 unspecified atom stereocenters. The lowest BCUT2D eigenvalue weighted by Crippen LogP contribution is -2.56. The molecule has 2 aromatic carbocycles. The number of nitrogens with zero attached hydrogens (tertiary/aromatic N) is 6. The van der Waals surface area contributed by atoms with Crippen molar-refractivity contribution in [3.05, 3.63) is 60.3 Å². The van der Waals surface area contributed by atoms with E-state index in [1.807, 2.05) is 12.1 Å². The van der Waals surface area contributed by atoms with Crippen molar-refractivity contribution >= 4 is 28.8 Å². The zero-order valence-corrected chi connectivity index (χ0v) is 24.7. The van der Waals surface area contributed by atoms with E-state index < -0.39 is 24.2 Å². The number of alkyl halides is 1. The molecule has 1 aromatic heterocycles. The quantitative estimate of drug-likeness (QED) is 0.355. The van der Waals surface area contributed by atoms with Crippen molar-refractivity contribution in [2.75, 3.05) is 68.0 Å². The summed E-state index contributed by atoms with van der Waals surface area (Å²) in [7, 11) is 0. The lowest BCUT2D eigenvalue weighted by Gasteiger charge is -2.43. The van der Waals surface area contributed by atoms with Gasteiger partial charge in [-0.1, -0.05) is 0 Å². The summed E-state index contributed by atoms with van der Waals surface area (Å²) < 4.78 is 20.3. The van der Waals surface area contributed by atoms with Gasteiger partial charge in [0, 0.05) is 55.9 Å². The fourth-order valence-electron chi connectivity index (χ4n) is 5.88. The number of nitrogens with one attached hydrogen (secondary N) is 2. The monoisotopic (exact) mass is 600 g/mol. The van der Waals surface area contributed by atoms with Crippen molar-refractivity contribution in [2.45, 2.75) is 37.7 Å². The molecular formula is C32H37FN8O3. The number of aliphatic hydroxyl groups is 1. The van der Waals surface area contributed by atoms with E-state index in [9.17, 15) is 19.6 Å². The van der Waals surface area contributed by atoms with Gasteiger partial charge in [0.2, 0.25) is 0 Å². The molecule has 3 aliphatic heterocycles. The minimum Gasteiger partial charge on any atom is -0.384 e. The highest BCUT2D eigenvalue weighted by Gasteiger charge is 2.33. The summed E-state index contributed by atoms with van der Waals surface area (Å²) in [6.45, 7) is 7.39. The van der Waals surface area contributed by atoms with Crippen LogP contribution in [0.15, 0.2) is 54.7 Å². The highest BCUT2D eigenvalue weighted by atomic mass is 19.1. The molecule has 3 aromatic rings. The van der Waals surface area contributed by atoms with Gasteiger partial charge in [-0.2, -0.15) is 5.26 Å². The maximum absolute atomic E-state index is 14.9. The molecule has 0 aliphatic carbocycles. The number of piperazine rings is 1. The molecule has 0 radical (unpaired) electrons. The second-order valence-corrected chi connectivity index (χ2v) is 11.5. The zero-order valence-electron chi connectivity index (χ0n) is 24.7. The highest BCUT2D eigenvalue weighted by Crippen LogP contribution is 2.28. The second kappa shape index (κ2) is 13.1. The number of anilines is 4. The Bertz CT molecular complexity index is 1500. The molecule has 230 valence electrons. The van der Waals surface area contributed by atoms with Gasteiger partial charge in [-0.3, -0.25) is 9.69 Å². The Labute approximate surface area is 256 Å². The van der Waals surface area contributed by atoms with Gasteiger partial charge in [-0.15, -0.1) is 0 Å². The lowest BCUT2D eigenvalue weighted by atomic mass is 10.0. The van der Waals surface area contributed by atoms with Crippen LogP contribution in [-0.4, -0.2) is 108 Å². The standard InChI is InChI=1S/C32H37FN8O3/c1-21(42)32(43)41-11-9-29(27(33)18-41)37-28-7-2-22(16-23(28)17-34)31-35-10-8-30(38-31)36-24-3-5-25(6-4-24)39-12-14-40(15-13-39)26-19-44-20-26/h2-8,10,16,21,26-27,29,37,42H,9,11-15,18-20H2,1H3,(H,35,36,38)/t21-,27+,29-/m0/s1. The topological polar surface area (TPSA) is 130 Å². The van der Waals surface area contributed by atoms with Gasteiger partial charge in [0.1, 0.15) is 24.2 Å². The molecular weight excluding hydrogens is 563 g/mol. The summed E-state index contributed by atoms with van der Waals surface area (Å²) in [5.41, 5.74) is 3.61. The third-order valence-electron chi connectivity index (χ3n) is 8.56. The zero-order chi connectivity index (χ0) is 30.6. The van der Waals surface area contributed by atoms with Crippen molar-refractivity contribution in [3.63, 3.8) is 0 Å². The van der Waals surface area contributed by atoms with Gasteiger partial charge < -0.3 is 30.3 Å². The van der Waals surface area contributed by atoms with Crippen LogP contribution in [0.5, 0.6) is 0 Å². The normalized spacial score (nSPS) is 21.7. The predicted octanol–water partition coefficient (Wildman–Crippen LogP) is 3.01. The van der Waals surface area contributed by atoms with Gasteiger partial charge in [0.15, 0.2) is 5.82 Å². The van der Waals surface area contributed by atoms with Gasteiger partial charge >= 0.3 is 0 Å². The van der Waals surface area contributed by atoms with Crippen LogP contribution in [0.25, 0.3) is 11.4 Å². The molecule has 12 heteroatoms. The summed E-state index contributed by atoms with van der Waals surface area (Å²) in [5, 5.41) is 25.9. The van der Waals surface area contributed by atoms with E-state index in [0.29, 0.717) is 47.5 Å². The SMILES string of the molecule is C[C@H](O)C(=O)N1CC[C@H](Nc2ccc(-c3nccc(Nc4ccc(N5CCN(C6COC6)CC5)cc4)n3)cc2C#N)[C@H](F)C1. The first-order valence-electron chi connectivity index (χ1n) is 15.1. The van der Waals surface area contributed by atoms with Crippen LogP contribution in [0.2, 0.25) is 0 Å². The van der Waals surface area contributed by atoms with Crippen LogP contribution in [0.3, 0.4) is 0 Å². The predicted molar refractivity (Wildman–Crippen MR) is 165 cm³/mol. The van der Waals surface area contributed by atoms with Gasteiger partial charge in [0.25, 0.3) is 5.91 Å². The van der Waals surface area contributed by atoms with Crippen molar-refractivity contribution in [1.82, 2.24) is 19.8 Å². The molecule has 3 saturated heterocycles. The number of hydrogen-bond acceptors (Lipinski definition) is 10. The fraction of sp³-hybridized carbons (Fsp3) is 0.438. The van der Waals surface area contributed by atoms with Gasteiger partial charge in [0.05, 0.1) is 43.1 Å². The molecule has 3 atom stereocenters. The fourth-order valence-corrected chi connectivity index (χ4v) is 5.88. The number of ether oxygens (including phenoxy) is 1. The molecule has 4 heterocycles. The lowest BCUT2D eigenvalue weighted by molar-refractivity contribution is -0.141. The summed E-state index contributed by atoms with van der Waals surface area (Å²) in [5.74, 6) is 0.600. The molecule has 1 amide bonds. The summed E-state index contributed by atoms with van der Waals surface area (Å²) >= 11 is 0. The molecule has 6 rings (SSSR count). The van der Waals surface area contributed by atoms with Gasteiger partial charge in [-0.05, 0) is 61.9 Å². The minimum atomic E-state index is -1.34. The molecule has 3 fully saturated rings. The molecule has 0 saturated carbocycles. The maximum Gasteiger partial charge on any atom is 0.251 e. The summed E-state index contributed by atoms with van der Waals surface area (Å²) in [6, 6.07) is 17.5. The van der Waals surface area contributed by atoms with E-state index >= 15 is 0 Å². The Morgan fingerprint density at radius 1 is 1.11 bits per heavy atom. The molecule has 44 heavy (non-hydrogen) atoms. The number of nitriles is 1. The van der Waals surface area contributed by atoms with Crippen LogP contribution in [0.4, 0.5) is 27.3 Å². The van der Waals surface area contributed by atoms with E-state index in [-0.39, 0.29) is 6.54 Å². The summed E-state index contributed by atoms with van der Waals surface area (Å²) in [4.78, 5) is 27.4. The van der Waals surface area contributed by atoms with Crippen LogP contribution >= 0.6 is 0 Å². The van der Waals surface area contributed by atoms with E-state index in [1.54, 1.807) is 30.5 Å². The third-order valence-corrected chi connectivity index (χ3v) is 8.56. The Morgan fingerprint density at radius 3 is 2.55 bits per heavy atom. The third kappa shape index (κ3) is 6.60. The van der Waals surface area contributed by atoms with Crippen molar-refractivity contribution in [2.24, 2.45) is 0 Å². The Morgan fingerprint density at radius 2 is 1.89 bits per heavy atom. The number of carbonyl (C=O) groups excluding carboxylic acids is 1. The first-order valence-corrected chi connectivity index (χ1v) is 15.1. The first kappa shape index (κ1) is 29.7. The molecule has 0 spiro atoms. The molecule has 11 nitrogen and oxygen atoms in total. The van der Waals surface area contributed by atoms with E-state index in [1.165, 1.54) is 17.5 Å². The van der Waals surface area contributed by atoms with Crippen LogP contribution in [0, 0.1) is 11.3 Å². The number of benzene rings is 2. The largest absolute Gasteiger partial charge is 0.384 e. The van der Waals surface area contributed by atoms with E-state index in [0.717, 1.165) is 45.1 Å². The number of halogens is 1.